The molecule has 0 spiro atoms. The standard InChI is InChI=1S/C20H19Cl3N4O2S/c1-2-27-18(17(10-28)24-19(29)14-5-3-4-6-15(14)22)25-26-20(27)30-11-12-7-8-13(21)9-16(12)23/h3-9,17,28H,2,10-11H2,1H3,(H,24,29)/t17-/m1/s1. The molecule has 30 heavy (non-hydrogen) atoms. The van der Waals surface area contributed by atoms with E-state index in [4.69, 9.17) is 34.8 Å². The van der Waals surface area contributed by atoms with Gasteiger partial charge in [0.2, 0.25) is 0 Å². The van der Waals surface area contributed by atoms with Gasteiger partial charge in [-0.05, 0) is 36.8 Å². The molecule has 0 aliphatic heterocycles. The Balaban J connectivity index is 1.77. The van der Waals surface area contributed by atoms with Gasteiger partial charge in [-0.25, -0.2) is 0 Å². The average Bonchev–Trinajstić information content (AvgIpc) is 3.14. The number of benzene rings is 2. The number of nitrogens with zero attached hydrogens (tertiary/aromatic N) is 3. The highest BCUT2D eigenvalue weighted by Gasteiger charge is 2.23. The van der Waals surface area contributed by atoms with E-state index in [1.165, 1.54) is 11.8 Å². The summed E-state index contributed by atoms with van der Waals surface area (Å²) in [6.07, 6.45) is 0. The number of rotatable bonds is 8. The zero-order chi connectivity index (χ0) is 21.7. The molecule has 0 unspecified atom stereocenters. The first kappa shape index (κ1) is 22.9. The Kier molecular flexibility index (Phi) is 8.02. The van der Waals surface area contributed by atoms with Gasteiger partial charge < -0.3 is 15.0 Å². The molecule has 0 saturated heterocycles. The summed E-state index contributed by atoms with van der Waals surface area (Å²) in [7, 11) is 0. The van der Waals surface area contributed by atoms with Crippen LogP contribution >= 0.6 is 46.6 Å². The van der Waals surface area contributed by atoms with Gasteiger partial charge in [0.15, 0.2) is 11.0 Å². The van der Waals surface area contributed by atoms with Crippen LogP contribution in [0.5, 0.6) is 0 Å². The Morgan fingerprint density at radius 2 is 1.93 bits per heavy atom. The van der Waals surface area contributed by atoms with Crippen LogP contribution in [0.2, 0.25) is 15.1 Å². The summed E-state index contributed by atoms with van der Waals surface area (Å²) in [5.74, 6) is 0.641. The normalized spacial score (nSPS) is 12.0. The van der Waals surface area contributed by atoms with Crippen LogP contribution in [-0.2, 0) is 12.3 Å². The third-order valence-corrected chi connectivity index (χ3v) is 6.28. The van der Waals surface area contributed by atoms with E-state index in [-0.39, 0.29) is 6.61 Å². The van der Waals surface area contributed by atoms with Gasteiger partial charge in [-0.15, -0.1) is 10.2 Å². The predicted octanol–water partition coefficient (Wildman–Crippen LogP) is 5.01. The van der Waals surface area contributed by atoms with E-state index in [0.717, 1.165) is 5.56 Å². The molecule has 2 aromatic carbocycles. The smallest absolute Gasteiger partial charge is 0.253 e. The molecule has 158 valence electrons. The van der Waals surface area contributed by atoms with E-state index in [2.05, 4.69) is 15.5 Å². The molecule has 3 aromatic rings. The highest BCUT2D eigenvalue weighted by Crippen LogP contribution is 2.29. The van der Waals surface area contributed by atoms with Crippen molar-refractivity contribution in [2.24, 2.45) is 0 Å². The SMILES string of the molecule is CCn1c(SCc2ccc(Cl)cc2Cl)nnc1[C@@H](CO)NC(=O)c1ccccc1Cl. The zero-order valence-electron chi connectivity index (χ0n) is 16.0. The van der Waals surface area contributed by atoms with E-state index in [1.807, 2.05) is 17.6 Å². The second-order valence-electron chi connectivity index (χ2n) is 6.30. The number of nitrogens with one attached hydrogen (secondary N) is 1. The molecule has 0 aliphatic rings. The monoisotopic (exact) mass is 484 g/mol. The summed E-state index contributed by atoms with van der Waals surface area (Å²) in [6, 6.07) is 11.3. The first-order chi connectivity index (χ1) is 14.4. The van der Waals surface area contributed by atoms with E-state index in [9.17, 15) is 9.90 Å². The summed E-state index contributed by atoms with van der Waals surface area (Å²) in [5, 5.41) is 23.2. The van der Waals surface area contributed by atoms with Gasteiger partial charge in [0, 0.05) is 22.3 Å². The maximum atomic E-state index is 12.6. The van der Waals surface area contributed by atoms with Crippen molar-refractivity contribution in [2.45, 2.75) is 30.4 Å². The molecular weight excluding hydrogens is 467 g/mol. The summed E-state index contributed by atoms with van der Waals surface area (Å²) < 4.78 is 1.85. The molecule has 0 bridgehead atoms. The number of halogens is 3. The first-order valence-corrected chi connectivity index (χ1v) is 11.2. The van der Waals surface area contributed by atoms with Gasteiger partial charge in [-0.3, -0.25) is 4.79 Å². The van der Waals surface area contributed by atoms with Crippen molar-refractivity contribution in [3.05, 3.63) is 74.5 Å². The lowest BCUT2D eigenvalue weighted by atomic mass is 10.2. The minimum absolute atomic E-state index is 0.326. The van der Waals surface area contributed by atoms with Crippen LogP contribution in [0.4, 0.5) is 0 Å². The Morgan fingerprint density at radius 1 is 1.17 bits per heavy atom. The third-order valence-electron chi connectivity index (χ3n) is 4.35. The number of aliphatic hydroxyl groups excluding tert-OH is 1. The quantitative estimate of drug-likeness (QED) is 0.438. The fourth-order valence-electron chi connectivity index (χ4n) is 2.82. The minimum Gasteiger partial charge on any atom is -0.394 e. The van der Waals surface area contributed by atoms with Crippen molar-refractivity contribution in [3.8, 4) is 0 Å². The summed E-state index contributed by atoms with van der Waals surface area (Å²) in [5.41, 5.74) is 1.25. The number of aliphatic hydroxyl groups is 1. The number of hydrogen-bond donors (Lipinski definition) is 2. The maximum Gasteiger partial charge on any atom is 0.253 e. The van der Waals surface area contributed by atoms with Crippen LogP contribution in [0.1, 0.15) is 34.7 Å². The molecule has 1 amide bonds. The average molecular weight is 486 g/mol. The minimum atomic E-state index is -0.727. The number of carbonyl (C=O) groups is 1. The molecular formula is C20H19Cl3N4O2S. The molecule has 6 nitrogen and oxygen atoms in total. The van der Waals surface area contributed by atoms with E-state index < -0.39 is 11.9 Å². The summed E-state index contributed by atoms with van der Waals surface area (Å²) in [4.78, 5) is 12.6. The van der Waals surface area contributed by atoms with Gasteiger partial charge in [0.05, 0.1) is 17.2 Å². The van der Waals surface area contributed by atoms with Crippen LogP contribution in [0.3, 0.4) is 0 Å². The lowest BCUT2D eigenvalue weighted by molar-refractivity contribution is 0.0911. The lowest BCUT2D eigenvalue weighted by Gasteiger charge is -2.17. The van der Waals surface area contributed by atoms with Crippen molar-refractivity contribution >= 4 is 52.5 Å². The Bertz CT molecular complexity index is 1040. The van der Waals surface area contributed by atoms with E-state index in [0.29, 0.717) is 43.9 Å². The number of aromatic nitrogens is 3. The topological polar surface area (TPSA) is 80.0 Å². The summed E-state index contributed by atoms with van der Waals surface area (Å²) >= 11 is 19.7. The first-order valence-electron chi connectivity index (χ1n) is 9.10. The Labute approximate surface area is 193 Å². The van der Waals surface area contributed by atoms with Crippen LogP contribution < -0.4 is 5.32 Å². The fourth-order valence-corrected chi connectivity index (χ4v) is 4.61. The molecule has 0 aliphatic carbocycles. The number of amides is 1. The lowest BCUT2D eigenvalue weighted by Crippen LogP contribution is -2.33. The molecule has 1 atom stereocenters. The van der Waals surface area contributed by atoms with Crippen molar-refractivity contribution in [1.29, 1.82) is 0 Å². The molecule has 0 radical (unpaired) electrons. The van der Waals surface area contributed by atoms with Crippen molar-refractivity contribution < 1.29 is 9.90 Å². The Morgan fingerprint density at radius 3 is 2.60 bits per heavy atom. The van der Waals surface area contributed by atoms with Gasteiger partial charge in [0.25, 0.3) is 5.91 Å². The third kappa shape index (κ3) is 5.28. The van der Waals surface area contributed by atoms with Crippen LogP contribution in [0.25, 0.3) is 0 Å². The van der Waals surface area contributed by atoms with Crippen LogP contribution in [0.15, 0.2) is 47.6 Å². The molecule has 1 heterocycles. The van der Waals surface area contributed by atoms with E-state index in [1.54, 1.807) is 36.4 Å². The number of carbonyl (C=O) groups excluding carboxylic acids is 1. The fraction of sp³-hybridized carbons (Fsp3) is 0.250. The zero-order valence-corrected chi connectivity index (χ0v) is 19.1. The molecule has 1 aromatic heterocycles. The Hall–Kier alpha value is -1.77. The van der Waals surface area contributed by atoms with Crippen molar-refractivity contribution in [2.75, 3.05) is 6.61 Å². The predicted molar refractivity (Wildman–Crippen MR) is 120 cm³/mol. The summed E-state index contributed by atoms with van der Waals surface area (Å²) in [6.45, 7) is 2.18. The van der Waals surface area contributed by atoms with Gasteiger partial charge in [0.1, 0.15) is 6.04 Å². The second kappa shape index (κ2) is 10.5. The molecule has 0 saturated carbocycles. The van der Waals surface area contributed by atoms with E-state index >= 15 is 0 Å². The molecule has 2 N–H and O–H groups in total. The second-order valence-corrected chi connectivity index (χ2v) is 8.49. The highest BCUT2D eigenvalue weighted by atomic mass is 35.5. The molecule has 0 fully saturated rings. The van der Waals surface area contributed by atoms with Gasteiger partial charge in [-0.2, -0.15) is 0 Å². The van der Waals surface area contributed by atoms with Crippen LogP contribution in [-0.4, -0.2) is 32.4 Å². The van der Waals surface area contributed by atoms with Crippen molar-refractivity contribution in [1.82, 2.24) is 20.1 Å². The van der Waals surface area contributed by atoms with Crippen molar-refractivity contribution in [3.63, 3.8) is 0 Å². The largest absolute Gasteiger partial charge is 0.394 e. The van der Waals surface area contributed by atoms with Crippen LogP contribution in [0, 0.1) is 0 Å². The number of thioether (sulfide) groups is 1. The maximum absolute atomic E-state index is 12.6. The highest BCUT2D eigenvalue weighted by molar-refractivity contribution is 7.98. The van der Waals surface area contributed by atoms with Gasteiger partial charge >= 0.3 is 0 Å². The number of hydrogen-bond acceptors (Lipinski definition) is 5. The van der Waals surface area contributed by atoms with Gasteiger partial charge in [-0.1, -0.05) is 64.8 Å². The molecule has 3 rings (SSSR count). The molecule has 10 heteroatoms.